The lowest BCUT2D eigenvalue weighted by atomic mass is 10.0. The van der Waals surface area contributed by atoms with Crippen LogP contribution in [0.3, 0.4) is 0 Å². The number of H-pyrrole nitrogens is 1. The molecule has 1 aromatic heterocycles. The fraction of sp³-hybridized carbons (Fsp3) is 0.471. The minimum Gasteiger partial charge on any atom is -0.490 e. The highest BCUT2D eigenvalue weighted by Gasteiger charge is 2.39. The molecular weight excluding hydrogens is 278 g/mol. The summed E-state index contributed by atoms with van der Waals surface area (Å²) in [7, 11) is 1.78. The van der Waals surface area contributed by atoms with Gasteiger partial charge in [-0.1, -0.05) is 18.2 Å². The maximum atomic E-state index is 6.02. The Labute approximate surface area is 131 Å². The van der Waals surface area contributed by atoms with E-state index in [4.69, 9.17) is 9.47 Å². The molecule has 0 amide bonds. The van der Waals surface area contributed by atoms with Gasteiger partial charge in [0, 0.05) is 32.6 Å². The average Bonchev–Trinajstić information content (AvgIpc) is 3.18. The number of hydrogen-bond donors (Lipinski definition) is 1. The van der Waals surface area contributed by atoms with Gasteiger partial charge in [-0.3, -0.25) is 4.90 Å². The van der Waals surface area contributed by atoms with Crippen LogP contribution >= 0.6 is 0 Å². The first kappa shape index (κ1) is 15.1. The third kappa shape index (κ3) is 3.31. The third-order valence-electron chi connectivity index (χ3n) is 4.34. The van der Waals surface area contributed by atoms with E-state index in [2.05, 4.69) is 27.9 Å². The molecule has 0 aliphatic carbocycles. The standard InChI is InChI=1S/C17H23N3O2/c1-14-5-3-4-6-15(14)22-13-17(21-2)7-10-20(12-17)11-16-18-8-9-19-16/h3-6,8-9H,7,10-13H2,1-2H3,(H,18,19)/t17-/m0/s1. The maximum absolute atomic E-state index is 6.02. The topological polar surface area (TPSA) is 50.4 Å². The van der Waals surface area contributed by atoms with E-state index in [-0.39, 0.29) is 5.60 Å². The number of methoxy groups -OCH3 is 1. The summed E-state index contributed by atoms with van der Waals surface area (Å²) in [5.41, 5.74) is 0.911. The number of likely N-dealkylation sites (tertiary alicyclic amines) is 1. The molecule has 5 nitrogen and oxygen atoms in total. The van der Waals surface area contributed by atoms with Crippen LogP contribution in [-0.2, 0) is 11.3 Å². The van der Waals surface area contributed by atoms with Gasteiger partial charge in [-0.05, 0) is 25.0 Å². The van der Waals surface area contributed by atoms with Crippen LogP contribution in [0.25, 0.3) is 0 Å². The lowest BCUT2D eigenvalue weighted by Gasteiger charge is -2.28. The van der Waals surface area contributed by atoms with Crippen LogP contribution in [0, 0.1) is 6.92 Å². The van der Waals surface area contributed by atoms with E-state index < -0.39 is 0 Å². The van der Waals surface area contributed by atoms with Crippen molar-refractivity contribution in [3.8, 4) is 5.75 Å². The van der Waals surface area contributed by atoms with E-state index in [0.717, 1.165) is 43.2 Å². The molecule has 0 bridgehead atoms. The molecule has 118 valence electrons. The monoisotopic (exact) mass is 301 g/mol. The van der Waals surface area contributed by atoms with Crippen LogP contribution in [0.2, 0.25) is 0 Å². The number of rotatable bonds is 6. The molecule has 2 aromatic rings. The molecule has 1 aliphatic heterocycles. The van der Waals surface area contributed by atoms with Crippen LogP contribution in [0.4, 0.5) is 0 Å². The number of aryl methyl sites for hydroxylation is 1. The second-order valence-corrected chi connectivity index (χ2v) is 5.94. The Morgan fingerprint density at radius 3 is 2.95 bits per heavy atom. The van der Waals surface area contributed by atoms with Crippen molar-refractivity contribution in [3.63, 3.8) is 0 Å². The van der Waals surface area contributed by atoms with Gasteiger partial charge in [0.05, 0.1) is 6.54 Å². The zero-order chi connectivity index (χ0) is 15.4. The first-order chi connectivity index (χ1) is 10.7. The summed E-state index contributed by atoms with van der Waals surface area (Å²) in [6.07, 6.45) is 4.61. The lowest BCUT2D eigenvalue weighted by Crippen LogP contribution is -2.41. The fourth-order valence-electron chi connectivity index (χ4n) is 2.93. The summed E-state index contributed by atoms with van der Waals surface area (Å²) < 4.78 is 11.8. The van der Waals surface area contributed by atoms with Crippen molar-refractivity contribution >= 4 is 0 Å². The smallest absolute Gasteiger partial charge is 0.122 e. The molecule has 0 unspecified atom stereocenters. The van der Waals surface area contributed by atoms with Crippen LogP contribution in [0.5, 0.6) is 5.75 Å². The molecule has 1 aromatic carbocycles. The minimum atomic E-state index is -0.241. The molecular formula is C17H23N3O2. The first-order valence-electron chi connectivity index (χ1n) is 7.65. The molecule has 1 aliphatic rings. The number of hydrogen-bond acceptors (Lipinski definition) is 4. The van der Waals surface area contributed by atoms with E-state index >= 15 is 0 Å². The number of para-hydroxylation sites is 1. The van der Waals surface area contributed by atoms with Gasteiger partial charge in [0.15, 0.2) is 0 Å². The zero-order valence-corrected chi connectivity index (χ0v) is 13.2. The van der Waals surface area contributed by atoms with E-state index in [9.17, 15) is 0 Å². The minimum absolute atomic E-state index is 0.241. The molecule has 0 spiro atoms. The molecule has 0 radical (unpaired) electrons. The zero-order valence-electron chi connectivity index (χ0n) is 13.2. The highest BCUT2D eigenvalue weighted by atomic mass is 16.5. The van der Waals surface area contributed by atoms with Crippen molar-refractivity contribution in [2.45, 2.75) is 25.5 Å². The van der Waals surface area contributed by atoms with Crippen LogP contribution in [-0.4, -0.2) is 47.3 Å². The number of nitrogens with zero attached hydrogens (tertiary/aromatic N) is 2. The molecule has 0 saturated carbocycles. The molecule has 2 heterocycles. The number of aromatic amines is 1. The molecule has 3 rings (SSSR count). The quantitative estimate of drug-likeness (QED) is 0.890. The van der Waals surface area contributed by atoms with E-state index in [1.54, 1.807) is 13.3 Å². The van der Waals surface area contributed by atoms with Crippen molar-refractivity contribution in [1.29, 1.82) is 0 Å². The maximum Gasteiger partial charge on any atom is 0.122 e. The SMILES string of the molecule is CO[C@@]1(COc2ccccc2C)CCN(Cc2ncc[nH]2)C1. The molecule has 1 N–H and O–H groups in total. The van der Waals surface area contributed by atoms with Gasteiger partial charge in [0.2, 0.25) is 0 Å². The molecule has 1 atom stereocenters. The van der Waals surface area contributed by atoms with Gasteiger partial charge in [0.25, 0.3) is 0 Å². The van der Waals surface area contributed by atoms with Crippen molar-refractivity contribution in [3.05, 3.63) is 48.0 Å². The summed E-state index contributed by atoms with van der Waals surface area (Å²) in [6, 6.07) is 8.09. The lowest BCUT2D eigenvalue weighted by molar-refractivity contribution is -0.0361. The van der Waals surface area contributed by atoms with Gasteiger partial charge in [0.1, 0.15) is 23.8 Å². The first-order valence-corrected chi connectivity index (χ1v) is 7.65. The Morgan fingerprint density at radius 2 is 2.23 bits per heavy atom. The van der Waals surface area contributed by atoms with Crippen LogP contribution in [0.1, 0.15) is 17.8 Å². The van der Waals surface area contributed by atoms with Gasteiger partial charge in [-0.25, -0.2) is 4.98 Å². The Hall–Kier alpha value is -1.85. The van der Waals surface area contributed by atoms with Crippen LogP contribution < -0.4 is 4.74 Å². The van der Waals surface area contributed by atoms with E-state index in [0.29, 0.717) is 6.61 Å². The van der Waals surface area contributed by atoms with Gasteiger partial charge >= 0.3 is 0 Å². The summed E-state index contributed by atoms with van der Waals surface area (Å²) in [4.78, 5) is 9.79. The Morgan fingerprint density at radius 1 is 1.36 bits per heavy atom. The molecule has 5 heteroatoms. The normalized spacial score (nSPS) is 22.1. The van der Waals surface area contributed by atoms with Crippen molar-refractivity contribution < 1.29 is 9.47 Å². The molecule has 1 fully saturated rings. The summed E-state index contributed by atoms with van der Waals surface area (Å²) in [6.45, 7) is 5.31. The average molecular weight is 301 g/mol. The van der Waals surface area contributed by atoms with E-state index in [1.165, 1.54) is 0 Å². The predicted molar refractivity (Wildman–Crippen MR) is 84.9 cm³/mol. The second-order valence-electron chi connectivity index (χ2n) is 5.94. The van der Waals surface area contributed by atoms with Crippen molar-refractivity contribution in [2.24, 2.45) is 0 Å². The Balaban J connectivity index is 1.60. The van der Waals surface area contributed by atoms with Crippen LogP contribution in [0.15, 0.2) is 36.7 Å². The predicted octanol–water partition coefficient (Wildman–Crippen LogP) is 2.39. The Bertz CT molecular complexity index is 600. The number of benzene rings is 1. The number of aromatic nitrogens is 2. The molecule has 22 heavy (non-hydrogen) atoms. The summed E-state index contributed by atoms with van der Waals surface area (Å²) in [5, 5.41) is 0. The number of nitrogens with one attached hydrogen (secondary N) is 1. The number of imidazole rings is 1. The summed E-state index contributed by atoms with van der Waals surface area (Å²) >= 11 is 0. The van der Waals surface area contributed by atoms with Gasteiger partial charge < -0.3 is 14.5 Å². The molecule has 1 saturated heterocycles. The van der Waals surface area contributed by atoms with E-state index in [1.807, 2.05) is 24.4 Å². The van der Waals surface area contributed by atoms with Crippen molar-refractivity contribution in [2.75, 3.05) is 26.8 Å². The summed E-state index contributed by atoms with van der Waals surface area (Å²) in [5.74, 6) is 1.93. The van der Waals surface area contributed by atoms with Gasteiger partial charge in [-0.15, -0.1) is 0 Å². The fourth-order valence-corrected chi connectivity index (χ4v) is 2.93. The Kier molecular flexibility index (Phi) is 4.45. The largest absolute Gasteiger partial charge is 0.490 e. The second kappa shape index (κ2) is 6.50. The number of ether oxygens (including phenoxy) is 2. The third-order valence-corrected chi connectivity index (χ3v) is 4.34. The van der Waals surface area contributed by atoms with Gasteiger partial charge in [-0.2, -0.15) is 0 Å². The van der Waals surface area contributed by atoms with Crippen molar-refractivity contribution in [1.82, 2.24) is 14.9 Å². The highest BCUT2D eigenvalue weighted by Crippen LogP contribution is 2.28. The highest BCUT2D eigenvalue weighted by molar-refractivity contribution is 5.31.